The highest BCUT2D eigenvalue weighted by Crippen LogP contribution is 2.27. The summed E-state index contributed by atoms with van der Waals surface area (Å²) >= 11 is 0. The molecule has 0 aliphatic carbocycles. The lowest BCUT2D eigenvalue weighted by molar-refractivity contribution is 0.393. The van der Waals surface area contributed by atoms with E-state index in [-0.39, 0.29) is 6.04 Å². The summed E-state index contributed by atoms with van der Waals surface area (Å²) in [6.45, 7) is 0. The number of rotatable bonds is 4. The molecule has 2 rings (SSSR count). The van der Waals surface area contributed by atoms with E-state index < -0.39 is 0 Å². The van der Waals surface area contributed by atoms with Gasteiger partial charge in [0.15, 0.2) is 0 Å². The third-order valence-electron chi connectivity index (χ3n) is 2.63. The van der Waals surface area contributed by atoms with Gasteiger partial charge in [0.2, 0.25) is 0 Å². The first-order valence-corrected chi connectivity index (χ1v) is 5.49. The van der Waals surface area contributed by atoms with Crippen molar-refractivity contribution in [2.45, 2.75) is 6.04 Å². The Hall–Kier alpha value is -2.14. The zero-order chi connectivity index (χ0) is 13.0. The normalized spacial score (nSPS) is 11.9. The Balaban J connectivity index is 2.38. The number of hydrogen-bond donors (Lipinski definition) is 1. The number of aromatic nitrogens is 2. The number of ether oxygens (including phenoxy) is 2. The summed E-state index contributed by atoms with van der Waals surface area (Å²) in [6.07, 6.45) is 4.88. The highest BCUT2D eigenvalue weighted by atomic mass is 16.5. The Morgan fingerprint density at radius 2 is 1.72 bits per heavy atom. The Morgan fingerprint density at radius 1 is 1.06 bits per heavy atom. The largest absolute Gasteiger partial charge is 0.497 e. The van der Waals surface area contributed by atoms with Gasteiger partial charge in [0.25, 0.3) is 0 Å². The van der Waals surface area contributed by atoms with E-state index in [1.807, 2.05) is 12.1 Å². The maximum Gasteiger partial charge on any atom is 0.122 e. The third kappa shape index (κ3) is 2.57. The average Bonchev–Trinajstić information content (AvgIpc) is 2.46. The van der Waals surface area contributed by atoms with Crippen molar-refractivity contribution in [3.63, 3.8) is 0 Å². The lowest BCUT2D eigenvalue weighted by Gasteiger charge is -2.13. The SMILES string of the molecule is COc1cc(OC)cc(C(N)c2cnccn2)c1. The maximum atomic E-state index is 6.15. The summed E-state index contributed by atoms with van der Waals surface area (Å²) in [7, 11) is 3.21. The van der Waals surface area contributed by atoms with Crippen LogP contribution in [0.1, 0.15) is 17.3 Å². The molecule has 0 aliphatic heterocycles. The number of nitrogens with zero attached hydrogens (tertiary/aromatic N) is 2. The highest BCUT2D eigenvalue weighted by molar-refractivity contribution is 5.41. The third-order valence-corrected chi connectivity index (χ3v) is 2.63. The molecule has 0 spiro atoms. The molecule has 1 aromatic heterocycles. The molecule has 0 amide bonds. The van der Waals surface area contributed by atoms with Crippen LogP contribution in [-0.4, -0.2) is 24.2 Å². The summed E-state index contributed by atoms with van der Waals surface area (Å²) in [5, 5.41) is 0. The number of nitrogens with two attached hydrogens (primary N) is 1. The van der Waals surface area contributed by atoms with Crippen LogP contribution in [0.2, 0.25) is 0 Å². The lowest BCUT2D eigenvalue weighted by Crippen LogP contribution is -2.14. The molecule has 0 fully saturated rings. The minimum Gasteiger partial charge on any atom is -0.497 e. The number of benzene rings is 1. The lowest BCUT2D eigenvalue weighted by atomic mass is 10.0. The van der Waals surface area contributed by atoms with Gasteiger partial charge in [-0.25, -0.2) is 0 Å². The highest BCUT2D eigenvalue weighted by Gasteiger charge is 2.13. The van der Waals surface area contributed by atoms with Gasteiger partial charge in [-0.3, -0.25) is 9.97 Å². The first kappa shape index (κ1) is 12.3. The fourth-order valence-corrected chi connectivity index (χ4v) is 1.65. The molecular weight excluding hydrogens is 230 g/mol. The standard InChI is InChI=1S/C13H15N3O2/c1-17-10-5-9(6-11(7-10)18-2)13(14)12-8-15-3-4-16-12/h3-8,13H,14H2,1-2H3. The summed E-state index contributed by atoms with van der Waals surface area (Å²) in [5.74, 6) is 1.40. The van der Waals surface area contributed by atoms with Gasteiger partial charge in [-0.05, 0) is 17.7 Å². The second-order valence-electron chi connectivity index (χ2n) is 3.75. The van der Waals surface area contributed by atoms with Gasteiger partial charge >= 0.3 is 0 Å². The van der Waals surface area contributed by atoms with Gasteiger partial charge in [-0.2, -0.15) is 0 Å². The number of hydrogen-bond acceptors (Lipinski definition) is 5. The van der Waals surface area contributed by atoms with Crippen molar-refractivity contribution in [3.05, 3.63) is 48.0 Å². The topological polar surface area (TPSA) is 70.3 Å². The fourth-order valence-electron chi connectivity index (χ4n) is 1.65. The van der Waals surface area contributed by atoms with Crippen LogP contribution in [0.3, 0.4) is 0 Å². The zero-order valence-electron chi connectivity index (χ0n) is 10.3. The molecule has 0 aliphatic rings. The van der Waals surface area contributed by atoms with Crippen LogP contribution in [0, 0.1) is 0 Å². The van der Waals surface area contributed by atoms with Gasteiger partial charge in [0.1, 0.15) is 11.5 Å². The molecule has 18 heavy (non-hydrogen) atoms. The molecule has 0 saturated carbocycles. The molecule has 1 aromatic carbocycles. The molecule has 5 nitrogen and oxygen atoms in total. The smallest absolute Gasteiger partial charge is 0.122 e. The maximum absolute atomic E-state index is 6.15. The minimum absolute atomic E-state index is 0.359. The predicted octanol–water partition coefficient (Wildman–Crippen LogP) is 1.54. The summed E-state index contributed by atoms with van der Waals surface area (Å²) in [6, 6.07) is 5.17. The van der Waals surface area contributed by atoms with E-state index in [1.54, 1.807) is 38.9 Å². The molecule has 1 unspecified atom stereocenters. The molecule has 2 N–H and O–H groups in total. The molecule has 94 valence electrons. The van der Waals surface area contributed by atoms with Crippen LogP contribution in [0.5, 0.6) is 11.5 Å². The van der Waals surface area contributed by atoms with Gasteiger partial charge in [-0.1, -0.05) is 0 Å². The summed E-state index contributed by atoms with van der Waals surface area (Å²) in [4.78, 5) is 8.21. The Labute approximate surface area is 106 Å². The van der Waals surface area contributed by atoms with Crippen molar-refractivity contribution in [1.29, 1.82) is 0 Å². The van der Waals surface area contributed by atoms with E-state index in [4.69, 9.17) is 15.2 Å². The summed E-state index contributed by atoms with van der Waals surface area (Å²) < 4.78 is 10.4. The van der Waals surface area contributed by atoms with Gasteiger partial charge in [0.05, 0.1) is 32.2 Å². The fraction of sp³-hybridized carbons (Fsp3) is 0.231. The quantitative estimate of drug-likeness (QED) is 0.884. The van der Waals surface area contributed by atoms with Crippen LogP contribution in [0.4, 0.5) is 0 Å². The summed E-state index contributed by atoms with van der Waals surface area (Å²) in [5.41, 5.74) is 7.72. The van der Waals surface area contributed by atoms with Crippen LogP contribution < -0.4 is 15.2 Å². The van der Waals surface area contributed by atoms with E-state index in [2.05, 4.69) is 9.97 Å². The van der Waals surface area contributed by atoms with Crippen molar-refractivity contribution in [3.8, 4) is 11.5 Å². The molecule has 0 radical (unpaired) electrons. The van der Waals surface area contributed by atoms with Crippen LogP contribution in [-0.2, 0) is 0 Å². The molecule has 0 bridgehead atoms. The van der Waals surface area contributed by atoms with Crippen LogP contribution >= 0.6 is 0 Å². The van der Waals surface area contributed by atoms with E-state index in [1.165, 1.54) is 0 Å². The first-order valence-electron chi connectivity index (χ1n) is 5.49. The second-order valence-corrected chi connectivity index (χ2v) is 3.75. The van der Waals surface area contributed by atoms with Crippen molar-refractivity contribution in [2.24, 2.45) is 5.73 Å². The van der Waals surface area contributed by atoms with Gasteiger partial charge in [-0.15, -0.1) is 0 Å². The molecular formula is C13H15N3O2. The Kier molecular flexibility index (Phi) is 3.74. The second kappa shape index (κ2) is 5.46. The van der Waals surface area contributed by atoms with Crippen LogP contribution in [0.25, 0.3) is 0 Å². The monoisotopic (exact) mass is 245 g/mol. The molecule has 0 saturated heterocycles. The van der Waals surface area contributed by atoms with E-state index >= 15 is 0 Å². The Bertz CT molecular complexity index is 495. The van der Waals surface area contributed by atoms with Crippen molar-refractivity contribution >= 4 is 0 Å². The van der Waals surface area contributed by atoms with E-state index in [9.17, 15) is 0 Å². The van der Waals surface area contributed by atoms with Crippen molar-refractivity contribution < 1.29 is 9.47 Å². The van der Waals surface area contributed by atoms with E-state index in [0.29, 0.717) is 17.2 Å². The molecule has 2 aromatic rings. The average molecular weight is 245 g/mol. The molecule has 1 atom stereocenters. The molecule has 5 heteroatoms. The van der Waals surface area contributed by atoms with Crippen molar-refractivity contribution in [1.82, 2.24) is 9.97 Å². The van der Waals surface area contributed by atoms with Crippen LogP contribution in [0.15, 0.2) is 36.8 Å². The zero-order valence-corrected chi connectivity index (χ0v) is 10.3. The van der Waals surface area contributed by atoms with Gasteiger partial charge in [0, 0.05) is 18.5 Å². The van der Waals surface area contributed by atoms with Gasteiger partial charge < -0.3 is 15.2 Å². The minimum atomic E-state index is -0.359. The first-order chi connectivity index (χ1) is 8.74. The Morgan fingerprint density at radius 3 is 2.22 bits per heavy atom. The number of methoxy groups -OCH3 is 2. The van der Waals surface area contributed by atoms with Crippen molar-refractivity contribution in [2.75, 3.05) is 14.2 Å². The molecule has 1 heterocycles. The predicted molar refractivity (Wildman–Crippen MR) is 67.6 cm³/mol. The van der Waals surface area contributed by atoms with E-state index in [0.717, 1.165) is 5.56 Å².